The molecule has 1 heterocycles. The summed E-state index contributed by atoms with van der Waals surface area (Å²) >= 11 is 0. The Labute approximate surface area is 123 Å². The number of hydrogen-bond donors (Lipinski definition) is 1. The molecule has 1 amide bonds. The maximum atomic E-state index is 11.9. The van der Waals surface area contributed by atoms with Crippen LogP contribution in [-0.4, -0.2) is 31.2 Å². The predicted octanol–water partition coefficient (Wildman–Crippen LogP) is 2.37. The molecule has 1 atom stereocenters. The summed E-state index contributed by atoms with van der Waals surface area (Å²) in [5.74, 6) is -0.129. The maximum absolute atomic E-state index is 11.9. The number of benzene rings is 1. The molecule has 1 aliphatic carbocycles. The third-order valence-corrected chi connectivity index (χ3v) is 3.76. The van der Waals surface area contributed by atoms with E-state index in [2.05, 4.69) is 5.32 Å². The SMILES string of the molecule is O=C(OC[C@@H]1CCCO1)c1ccc(NC(=O)C2CC2)cc1. The Kier molecular flexibility index (Phi) is 4.20. The number of carbonyl (C=O) groups is 2. The highest BCUT2D eigenvalue weighted by molar-refractivity contribution is 5.95. The average molecular weight is 289 g/mol. The fraction of sp³-hybridized carbons (Fsp3) is 0.500. The molecule has 0 radical (unpaired) electrons. The molecule has 3 rings (SSSR count). The van der Waals surface area contributed by atoms with Crippen molar-refractivity contribution in [3.8, 4) is 0 Å². The second-order valence-corrected chi connectivity index (χ2v) is 5.57. The quantitative estimate of drug-likeness (QED) is 0.845. The number of esters is 1. The van der Waals surface area contributed by atoms with Gasteiger partial charge < -0.3 is 14.8 Å². The lowest BCUT2D eigenvalue weighted by Crippen LogP contribution is -2.18. The first-order chi connectivity index (χ1) is 10.2. The minimum absolute atomic E-state index is 0.0334. The van der Waals surface area contributed by atoms with Gasteiger partial charge in [0.2, 0.25) is 5.91 Å². The van der Waals surface area contributed by atoms with Crippen LogP contribution in [0.3, 0.4) is 0 Å². The molecule has 2 fully saturated rings. The fourth-order valence-corrected chi connectivity index (χ4v) is 2.31. The zero-order chi connectivity index (χ0) is 14.7. The number of ether oxygens (including phenoxy) is 2. The van der Waals surface area contributed by atoms with Gasteiger partial charge in [-0.1, -0.05) is 0 Å². The minimum Gasteiger partial charge on any atom is -0.459 e. The van der Waals surface area contributed by atoms with Crippen LogP contribution in [0.25, 0.3) is 0 Å². The van der Waals surface area contributed by atoms with E-state index in [1.54, 1.807) is 24.3 Å². The summed E-state index contributed by atoms with van der Waals surface area (Å²) in [6.07, 6.45) is 3.95. The first kappa shape index (κ1) is 14.1. The molecule has 5 nitrogen and oxygen atoms in total. The Morgan fingerprint density at radius 1 is 1.19 bits per heavy atom. The average Bonchev–Trinajstić information content (AvgIpc) is 3.23. The van der Waals surface area contributed by atoms with Gasteiger partial charge in [0, 0.05) is 18.2 Å². The molecule has 2 aliphatic rings. The molecule has 0 aromatic heterocycles. The lowest BCUT2D eigenvalue weighted by atomic mass is 10.2. The summed E-state index contributed by atoms with van der Waals surface area (Å²) in [6, 6.07) is 6.78. The van der Waals surface area contributed by atoms with Gasteiger partial charge in [-0.2, -0.15) is 0 Å². The molecule has 112 valence electrons. The highest BCUT2D eigenvalue weighted by atomic mass is 16.6. The first-order valence-corrected chi connectivity index (χ1v) is 7.42. The van der Waals surface area contributed by atoms with Gasteiger partial charge in [-0.05, 0) is 49.9 Å². The molecule has 1 aromatic carbocycles. The smallest absolute Gasteiger partial charge is 0.338 e. The minimum atomic E-state index is -0.356. The molecular formula is C16H19NO4. The lowest BCUT2D eigenvalue weighted by molar-refractivity contribution is -0.117. The van der Waals surface area contributed by atoms with Gasteiger partial charge in [-0.3, -0.25) is 4.79 Å². The Morgan fingerprint density at radius 3 is 2.57 bits per heavy atom. The topological polar surface area (TPSA) is 64.6 Å². The van der Waals surface area contributed by atoms with E-state index in [0.29, 0.717) is 17.9 Å². The molecule has 1 N–H and O–H groups in total. The summed E-state index contributed by atoms with van der Waals surface area (Å²) in [4.78, 5) is 23.5. The summed E-state index contributed by atoms with van der Waals surface area (Å²) in [6.45, 7) is 1.05. The molecule has 21 heavy (non-hydrogen) atoms. The van der Waals surface area contributed by atoms with Crippen LogP contribution < -0.4 is 5.32 Å². The van der Waals surface area contributed by atoms with E-state index < -0.39 is 0 Å². The van der Waals surface area contributed by atoms with Crippen molar-refractivity contribution >= 4 is 17.6 Å². The van der Waals surface area contributed by atoms with E-state index in [-0.39, 0.29) is 23.9 Å². The molecule has 1 saturated carbocycles. The lowest BCUT2D eigenvalue weighted by Gasteiger charge is -2.10. The van der Waals surface area contributed by atoms with Gasteiger partial charge in [0.25, 0.3) is 0 Å². The highest BCUT2D eigenvalue weighted by Crippen LogP contribution is 2.30. The Morgan fingerprint density at radius 2 is 1.95 bits per heavy atom. The Balaban J connectivity index is 1.50. The van der Waals surface area contributed by atoms with Crippen LogP contribution in [0.4, 0.5) is 5.69 Å². The molecule has 1 saturated heterocycles. The summed E-state index contributed by atoms with van der Waals surface area (Å²) in [5, 5.41) is 2.84. The van der Waals surface area contributed by atoms with Crippen molar-refractivity contribution in [2.75, 3.05) is 18.5 Å². The van der Waals surface area contributed by atoms with Crippen molar-refractivity contribution in [1.82, 2.24) is 0 Å². The summed E-state index contributed by atoms with van der Waals surface area (Å²) in [5.41, 5.74) is 1.19. The number of amides is 1. The van der Waals surface area contributed by atoms with E-state index in [1.807, 2.05) is 0 Å². The second-order valence-electron chi connectivity index (χ2n) is 5.57. The zero-order valence-electron chi connectivity index (χ0n) is 11.8. The Bertz CT molecular complexity index is 516. The van der Waals surface area contributed by atoms with Crippen molar-refractivity contribution in [2.24, 2.45) is 5.92 Å². The molecule has 0 unspecified atom stereocenters. The van der Waals surface area contributed by atoms with Gasteiger partial charge >= 0.3 is 5.97 Å². The van der Waals surface area contributed by atoms with Gasteiger partial charge in [-0.15, -0.1) is 0 Å². The van der Waals surface area contributed by atoms with Crippen molar-refractivity contribution in [1.29, 1.82) is 0 Å². The van der Waals surface area contributed by atoms with Crippen LogP contribution in [0.15, 0.2) is 24.3 Å². The van der Waals surface area contributed by atoms with E-state index in [4.69, 9.17) is 9.47 Å². The first-order valence-electron chi connectivity index (χ1n) is 7.42. The highest BCUT2D eigenvalue weighted by Gasteiger charge is 2.29. The number of anilines is 1. The van der Waals surface area contributed by atoms with Crippen LogP contribution in [-0.2, 0) is 14.3 Å². The number of hydrogen-bond acceptors (Lipinski definition) is 4. The third kappa shape index (κ3) is 3.82. The standard InChI is InChI=1S/C16H19NO4/c18-15(11-3-4-11)17-13-7-5-12(6-8-13)16(19)21-10-14-2-1-9-20-14/h5-8,11,14H,1-4,9-10H2,(H,17,18)/t14-/m0/s1. The molecule has 0 spiro atoms. The molecule has 1 aromatic rings. The van der Waals surface area contributed by atoms with Crippen molar-refractivity contribution in [3.63, 3.8) is 0 Å². The molecular weight excluding hydrogens is 270 g/mol. The number of carbonyl (C=O) groups excluding carboxylic acids is 2. The van der Waals surface area contributed by atoms with Crippen molar-refractivity contribution in [3.05, 3.63) is 29.8 Å². The normalized spacial score (nSPS) is 21.0. The fourth-order valence-electron chi connectivity index (χ4n) is 2.31. The molecule has 0 bridgehead atoms. The largest absolute Gasteiger partial charge is 0.459 e. The maximum Gasteiger partial charge on any atom is 0.338 e. The summed E-state index contributed by atoms with van der Waals surface area (Å²) in [7, 11) is 0. The van der Waals surface area contributed by atoms with Crippen LogP contribution in [0.1, 0.15) is 36.0 Å². The zero-order valence-corrected chi connectivity index (χ0v) is 11.8. The van der Waals surface area contributed by atoms with Crippen LogP contribution in [0.2, 0.25) is 0 Å². The van der Waals surface area contributed by atoms with Gasteiger partial charge in [0.05, 0.1) is 11.7 Å². The van der Waals surface area contributed by atoms with E-state index in [9.17, 15) is 9.59 Å². The van der Waals surface area contributed by atoms with E-state index >= 15 is 0 Å². The van der Waals surface area contributed by atoms with Gasteiger partial charge in [-0.25, -0.2) is 4.79 Å². The van der Waals surface area contributed by atoms with E-state index in [0.717, 1.165) is 32.3 Å². The number of rotatable bonds is 5. The van der Waals surface area contributed by atoms with E-state index in [1.165, 1.54) is 0 Å². The number of nitrogens with one attached hydrogen (secondary N) is 1. The van der Waals surface area contributed by atoms with Crippen LogP contribution in [0.5, 0.6) is 0 Å². The van der Waals surface area contributed by atoms with Gasteiger partial charge in [0.15, 0.2) is 0 Å². The van der Waals surface area contributed by atoms with Crippen LogP contribution >= 0.6 is 0 Å². The van der Waals surface area contributed by atoms with Crippen molar-refractivity contribution < 1.29 is 19.1 Å². The van der Waals surface area contributed by atoms with Crippen molar-refractivity contribution in [2.45, 2.75) is 31.8 Å². The second kappa shape index (κ2) is 6.26. The monoisotopic (exact) mass is 289 g/mol. The van der Waals surface area contributed by atoms with Gasteiger partial charge in [0.1, 0.15) is 6.61 Å². The third-order valence-electron chi connectivity index (χ3n) is 3.76. The summed E-state index contributed by atoms with van der Waals surface area (Å²) < 4.78 is 10.6. The van der Waals surface area contributed by atoms with Crippen LogP contribution in [0, 0.1) is 5.92 Å². The predicted molar refractivity (Wildman–Crippen MR) is 77.1 cm³/mol. The Hall–Kier alpha value is -1.88. The molecule has 5 heteroatoms. The molecule has 1 aliphatic heterocycles.